The van der Waals surface area contributed by atoms with Gasteiger partial charge in [0.1, 0.15) is 0 Å². The number of carbonyl (C=O) groups is 1. The molecule has 2 saturated heterocycles. The molecule has 0 spiro atoms. The number of hydrogen-bond donors (Lipinski definition) is 2. The van der Waals surface area contributed by atoms with E-state index in [2.05, 4.69) is 28.9 Å². The predicted molar refractivity (Wildman–Crippen MR) is 122 cm³/mol. The van der Waals surface area contributed by atoms with Gasteiger partial charge >= 0.3 is 0 Å². The van der Waals surface area contributed by atoms with Crippen molar-refractivity contribution < 1.29 is 18.4 Å². The van der Waals surface area contributed by atoms with Crippen molar-refractivity contribution >= 4 is 15.9 Å². The van der Waals surface area contributed by atoms with E-state index in [-0.39, 0.29) is 18.8 Å². The molecule has 3 heterocycles. The Morgan fingerprint density at radius 2 is 1.84 bits per heavy atom. The second-order valence-corrected chi connectivity index (χ2v) is 11.8. The molecule has 0 aromatic carbocycles. The second kappa shape index (κ2) is 9.75. The lowest BCUT2D eigenvalue weighted by Gasteiger charge is -2.43. The van der Waals surface area contributed by atoms with E-state index in [0.29, 0.717) is 45.1 Å². The third-order valence-corrected chi connectivity index (χ3v) is 10.2. The van der Waals surface area contributed by atoms with Crippen LogP contribution in [0.5, 0.6) is 0 Å². The van der Waals surface area contributed by atoms with Crippen molar-refractivity contribution in [1.82, 2.24) is 19.7 Å². The van der Waals surface area contributed by atoms with Crippen LogP contribution in [0.15, 0.2) is 18.3 Å². The molecule has 0 atom stereocenters. The highest BCUT2D eigenvalue weighted by Crippen LogP contribution is 2.39. The molecule has 8 nitrogen and oxygen atoms in total. The molecule has 4 rings (SSSR count). The molecule has 0 radical (unpaired) electrons. The van der Waals surface area contributed by atoms with E-state index in [0.717, 1.165) is 37.8 Å². The molecular weight excluding hydrogens is 428 g/mol. The predicted octanol–water partition coefficient (Wildman–Crippen LogP) is 2.44. The average Bonchev–Trinajstić information content (AvgIpc) is 3.68. The molecule has 9 heteroatoms. The molecule has 3 fully saturated rings. The summed E-state index contributed by atoms with van der Waals surface area (Å²) in [6, 6.07) is 4.74. The van der Waals surface area contributed by atoms with Crippen molar-refractivity contribution in [2.75, 3.05) is 26.2 Å². The molecule has 0 unspecified atom stereocenters. The summed E-state index contributed by atoms with van der Waals surface area (Å²) in [5.74, 6) is -0.569. The number of piperidine rings is 2. The number of aromatic nitrogens is 1. The molecule has 1 saturated carbocycles. The summed E-state index contributed by atoms with van der Waals surface area (Å²) in [4.78, 5) is 19.6. The van der Waals surface area contributed by atoms with Gasteiger partial charge in [-0.1, -0.05) is 19.4 Å². The SMILES string of the molecule is CCCCc1ccc(C2CCN(S(=O)(=O)C3(C(=O)NO)CCN(C4CC4)CC3)CC2)nc1. The average molecular weight is 465 g/mol. The first-order valence-electron chi connectivity index (χ1n) is 12.0. The highest BCUT2D eigenvalue weighted by atomic mass is 32.2. The largest absolute Gasteiger partial charge is 0.300 e. The van der Waals surface area contributed by atoms with Crippen LogP contribution in [0.3, 0.4) is 0 Å². The fourth-order valence-corrected chi connectivity index (χ4v) is 7.40. The van der Waals surface area contributed by atoms with E-state index in [1.807, 2.05) is 6.20 Å². The first-order chi connectivity index (χ1) is 15.4. The molecule has 1 amide bonds. The van der Waals surface area contributed by atoms with Crippen molar-refractivity contribution in [2.24, 2.45) is 0 Å². The third-order valence-electron chi connectivity index (χ3n) is 7.56. The van der Waals surface area contributed by atoms with Crippen LogP contribution in [-0.4, -0.2) is 70.7 Å². The maximum absolute atomic E-state index is 13.7. The minimum atomic E-state index is -3.90. The van der Waals surface area contributed by atoms with Crippen LogP contribution in [0.4, 0.5) is 0 Å². The van der Waals surface area contributed by atoms with Gasteiger partial charge < -0.3 is 4.90 Å². The maximum Gasteiger partial charge on any atom is 0.266 e. The Labute approximate surface area is 191 Å². The molecule has 0 bridgehead atoms. The molecule has 178 valence electrons. The zero-order valence-electron chi connectivity index (χ0n) is 19.0. The van der Waals surface area contributed by atoms with Gasteiger partial charge in [0.25, 0.3) is 5.91 Å². The number of aryl methyl sites for hydroxylation is 1. The number of nitrogens with zero attached hydrogens (tertiary/aromatic N) is 3. The van der Waals surface area contributed by atoms with Crippen LogP contribution in [-0.2, 0) is 21.2 Å². The Bertz CT molecular complexity index is 885. The Kier molecular flexibility index (Phi) is 7.19. The Balaban J connectivity index is 1.42. The molecular formula is C23H36N4O4S. The normalized spacial score (nSPS) is 23.2. The number of unbranched alkanes of at least 4 members (excludes halogenated alkanes) is 1. The third kappa shape index (κ3) is 4.58. The minimum absolute atomic E-state index is 0.221. The summed E-state index contributed by atoms with van der Waals surface area (Å²) < 4.78 is 27.2. The van der Waals surface area contributed by atoms with Crippen LogP contribution < -0.4 is 5.48 Å². The number of rotatable bonds is 8. The van der Waals surface area contributed by atoms with Crippen LogP contribution in [0.2, 0.25) is 0 Å². The number of nitrogens with one attached hydrogen (secondary N) is 1. The maximum atomic E-state index is 13.7. The number of carbonyl (C=O) groups excluding carboxylic acids is 1. The van der Waals surface area contributed by atoms with Gasteiger partial charge in [0.15, 0.2) is 4.75 Å². The van der Waals surface area contributed by atoms with Crippen LogP contribution in [0.1, 0.15) is 75.5 Å². The van der Waals surface area contributed by atoms with Crippen LogP contribution in [0.25, 0.3) is 0 Å². The fraction of sp³-hybridized carbons (Fsp3) is 0.739. The summed E-state index contributed by atoms with van der Waals surface area (Å²) in [7, 11) is -3.90. The lowest BCUT2D eigenvalue weighted by Crippen LogP contribution is -2.62. The van der Waals surface area contributed by atoms with Crippen LogP contribution >= 0.6 is 0 Å². The fourth-order valence-electron chi connectivity index (χ4n) is 5.24. The topological polar surface area (TPSA) is 103 Å². The smallest absolute Gasteiger partial charge is 0.266 e. The summed E-state index contributed by atoms with van der Waals surface area (Å²) in [5, 5.41) is 9.36. The van der Waals surface area contributed by atoms with E-state index in [1.165, 1.54) is 9.87 Å². The zero-order chi connectivity index (χ0) is 22.8. The summed E-state index contributed by atoms with van der Waals surface area (Å²) >= 11 is 0. The van der Waals surface area contributed by atoms with E-state index in [4.69, 9.17) is 0 Å². The van der Waals surface area contributed by atoms with Gasteiger partial charge in [-0.2, -0.15) is 0 Å². The molecule has 2 aliphatic heterocycles. The van der Waals surface area contributed by atoms with Gasteiger partial charge in [-0.25, -0.2) is 18.2 Å². The van der Waals surface area contributed by atoms with E-state index < -0.39 is 20.7 Å². The number of amides is 1. The number of sulfonamides is 1. The molecule has 3 aliphatic rings. The Morgan fingerprint density at radius 3 is 2.38 bits per heavy atom. The first kappa shape index (κ1) is 23.6. The molecule has 32 heavy (non-hydrogen) atoms. The number of likely N-dealkylation sites (tertiary alicyclic amines) is 1. The first-order valence-corrected chi connectivity index (χ1v) is 13.5. The van der Waals surface area contributed by atoms with Crippen molar-refractivity contribution in [3.63, 3.8) is 0 Å². The summed E-state index contributed by atoms with van der Waals surface area (Å²) in [6.45, 7) is 4.07. The standard InChI is InChI=1S/C23H36N4O4S/c1-2-3-4-18-5-8-21(24-17-18)19-9-13-27(14-10-19)32(30,31)23(22(28)25-29)11-15-26(16-12-23)20-6-7-20/h5,8,17,19-20,29H,2-4,6-7,9-16H2,1H3,(H,25,28). The highest BCUT2D eigenvalue weighted by molar-refractivity contribution is 7.91. The molecule has 1 aromatic rings. The highest BCUT2D eigenvalue weighted by Gasteiger charge is 2.55. The Morgan fingerprint density at radius 1 is 1.16 bits per heavy atom. The van der Waals surface area contributed by atoms with Gasteiger partial charge in [0.2, 0.25) is 10.0 Å². The van der Waals surface area contributed by atoms with Crippen molar-refractivity contribution in [3.05, 3.63) is 29.6 Å². The lowest BCUT2D eigenvalue weighted by molar-refractivity contribution is -0.133. The summed E-state index contributed by atoms with van der Waals surface area (Å²) in [5.41, 5.74) is 3.92. The van der Waals surface area contributed by atoms with Gasteiger partial charge in [0.05, 0.1) is 0 Å². The van der Waals surface area contributed by atoms with Gasteiger partial charge in [-0.15, -0.1) is 0 Å². The number of pyridine rings is 1. The van der Waals surface area contributed by atoms with E-state index in [1.54, 1.807) is 5.48 Å². The monoisotopic (exact) mass is 464 g/mol. The summed E-state index contributed by atoms with van der Waals surface area (Å²) in [6.07, 6.45) is 9.40. The molecule has 1 aliphatic carbocycles. The van der Waals surface area contributed by atoms with E-state index >= 15 is 0 Å². The number of hydrogen-bond acceptors (Lipinski definition) is 6. The van der Waals surface area contributed by atoms with Gasteiger partial charge in [0, 0.05) is 50.0 Å². The lowest BCUT2D eigenvalue weighted by atomic mass is 9.93. The van der Waals surface area contributed by atoms with Crippen LogP contribution in [0, 0.1) is 0 Å². The van der Waals surface area contributed by atoms with Gasteiger partial charge in [-0.3, -0.25) is 15.0 Å². The van der Waals surface area contributed by atoms with Crippen molar-refractivity contribution in [2.45, 2.75) is 81.4 Å². The number of hydroxylamine groups is 1. The molecule has 1 aromatic heterocycles. The van der Waals surface area contributed by atoms with Crippen molar-refractivity contribution in [1.29, 1.82) is 0 Å². The van der Waals surface area contributed by atoms with Crippen molar-refractivity contribution in [3.8, 4) is 0 Å². The Hall–Kier alpha value is -1.55. The molecule has 2 N–H and O–H groups in total. The second-order valence-electron chi connectivity index (χ2n) is 9.58. The van der Waals surface area contributed by atoms with E-state index in [9.17, 15) is 18.4 Å². The zero-order valence-corrected chi connectivity index (χ0v) is 19.8. The quantitative estimate of drug-likeness (QED) is 0.453. The van der Waals surface area contributed by atoms with Gasteiger partial charge in [-0.05, 0) is 63.0 Å². The minimum Gasteiger partial charge on any atom is -0.300 e.